The molecule has 0 unspecified atom stereocenters. The smallest absolute Gasteiger partial charge is 0.322 e. The first kappa shape index (κ1) is 12.7. The molecular formula is C3H12NO5P. The average Bonchev–Trinajstić information content (AvgIpc) is 1.61. The first-order chi connectivity index (χ1) is 4.27. The van der Waals surface area contributed by atoms with Crippen LogP contribution in [0, 0.1) is 0 Å². The Labute approximate surface area is 58.5 Å². The predicted molar refractivity (Wildman–Crippen MR) is 35.2 cm³/mol. The SMILES string of the molecule is CP(=O)(O)O.NCC(O)O. The second-order valence-electron chi connectivity index (χ2n) is 1.55. The zero-order valence-electron chi connectivity index (χ0n) is 5.51. The Morgan fingerprint density at radius 1 is 1.50 bits per heavy atom. The number of hydrogen-bond acceptors (Lipinski definition) is 4. The van der Waals surface area contributed by atoms with Crippen molar-refractivity contribution in [2.45, 2.75) is 6.29 Å². The second kappa shape index (κ2) is 5.79. The summed E-state index contributed by atoms with van der Waals surface area (Å²) in [4.78, 5) is 15.3. The van der Waals surface area contributed by atoms with E-state index >= 15 is 0 Å². The third-order valence-electron chi connectivity index (χ3n) is 0.211. The summed E-state index contributed by atoms with van der Waals surface area (Å²) in [6.45, 7) is 0.771. The minimum Gasteiger partial charge on any atom is -0.367 e. The standard InChI is InChI=1S/C2H7NO2.CH5O3P/c3-1-2(4)5;1-5(2,3)4/h2,4-5H,1,3H2;1H3,(H2,2,3,4). The summed E-state index contributed by atoms with van der Waals surface area (Å²) in [5.74, 6) is 0. The van der Waals surface area contributed by atoms with Crippen LogP contribution < -0.4 is 5.73 Å². The molecule has 0 aliphatic heterocycles. The predicted octanol–water partition coefficient (Wildman–Crippen LogP) is -1.95. The summed E-state index contributed by atoms with van der Waals surface area (Å²) in [6, 6.07) is 0. The molecule has 10 heavy (non-hydrogen) atoms. The summed E-state index contributed by atoms with van der Waals surface area (Å²) >= 11 is 0. The van der Waals surface area contributed by atoms with Gasteiger partial charge in [-0.3, -0.25) is 4.57 Å². The highest BCUT2D eigenvalue weighted by Gasteiger charge is 1.95. The van der Waals surface area contributed by atoms with Crippen molar-refractivity contribution in [2.75, 3.05) is 13.2 Å². The molecule has 0 atom stereocenters. The summed E-state index contributed by atoms with van der Waals surface area (Å²) < 4.78 is 9.33. The van der Waals surface area contributed by atoms with Crippen LogP contribution in [0.5, 0.6) is 0 Å². The fourth-order valence-corrected chi connectivity index (χ4v) is 0. The minimum absolute atomic E-state index is 0.0833. The number of nitrogens with two attached hydrogens (primary N) is 1. The Morgan fingerprint density at radius 3 is 1.60 bits per heavy atom. The third kappa shape index (κ3) is 96.3. The molecule has 0 aromatic carbocycles. The molecule has 0 rings (SSSR count). The molecule has 6 N–H and O–H groups in total. The first-order valence-corrected chi connectivity index (χ1v) is 4.42. The van der Waals surface area contributed by atoms with Gasteiger partial charge in [0.1, 0.15) is 0 Å². The van der Waals surface area contributed by atoms with Crippen LogP contribution in [0.1, 0.15) is 0 Å². The van der Waals surface area contributed by atoms with Gasteiger partial charge in [0, 0.05) is 13.2 Å². The maximum atomic E-state index is 9.33. The van der Waals surface area contributed by atoms with Crippen molar-refractivity contribution >= 4 is 7.60 Å². The molecule has 0 aromatic rings. The highest BCUT2D eigenvalue weighted by Crippen LogP contribution is 2.26. The van der Waals surface area contributed by atoms with Crippen LogP contribution in [0.4, 0.5) is 0 Å². The summed E-state index contributed by atoms with van der Waals surface area (Å²) in [5.41, 5.74) is 4.67. The van der Waals surface area contributed by atoms with Gasteiger partial charge in [-0.1, -0.05) is 0 Å². The normalized spacial score (nSPS) is 10.7. The van der Waals surface area contributed by atoms with Crippen molar-refractivity contribution in [3.05, 3.63) is 0 Å². The van der Waals surface area contributed by atoms with Gasteiger partial charge in [0.05, 0.1) is 0 Å². The highest BCUT2D eigenvalue weighted by atomic mass is 31.2. The zero-order valence-corrected chi connectivity index (χ0v) is 6.40. The van der Waals surface area contributed by atoms with E-state index in [9.17, 15) is 4.57 Å². The molecule has 7 heteroatoms. The molecule has 0 heterocycles. The lowest BCUT2D eigenvalue weighted by atomic mass is 10.7. The van der Waals surface area contributed by atoms with Gasteiger partial charge >= 0.3 is 7.60 Å². The lowest BCUT2D eigenvalue weighted by molar-refractivity contribution is -0.0309. The molecule has 0 radical (unpaired) electrons. The van der Waals surface area contributed by atoms with Crippen LogP contribution in [0.25, 0.3) is 0 Å². The molecule has 0 aliphatic carbocycles. The number of aliphatic hydroxyl groups is 2. The fourth-order valence-electron chi connectivity index (χ4n) is 0. The zero-order chi connectivity index (χ0) is 8.78. The van der Waals surface area contributed by atoms with Gasteiger partial charge in [0.15, 0.2) is 6.29 Å². The second-order valence-corrected chi connectivity index (χ2v) is 3.22. The van der Waals surface area contributed by atoms with Gasteiger partial charge in [-0.2, -0.15) is 0 Å². The van der Waals surface area contributed by atoms with Gasteiger partial charge in [-0.15, -0.1) is 0 Å². The molecule has 0 amide bonds. The third-order valence-corrected chi connectivity index (χ3v) is 0.211. The summed E-state index contributed by atoms with van der Waals surface area (Å²) in [6.07, 6.45) is -1.34. The van der Waals surface area contributed by atoms with Crippen LogP contribution in [0.3, 0.4) is 0 Å². The molecule has 0 aromatic heterocycles. The Kier molecular flexibility index (Phi) is 7.34. The maximum absolute atomic E-state index is 9.33. The molecule has 6 nitrogen and oxygen atoms in total. The van der Waals surface area contributed by atoms with E-state index in [0.717, 1.165) is 6.66 Å². The van der Waals surface area contributed by atoms with Crippen LogP contribution in [0.15, 0.2) is 0 Å². The molecule has 64 valence electrons. The molecule has 0 saturated carbocycles. The van der Waals surface area contributed by atoms with Crippen molar-refractivity contribution < 1.29 is 24.6 Å². The van der Waals surface area contributed by atoms with Gasteiger partial charge in [0.25, 0.3) is 0 Å². The first-order valence-electron chi connectivity index (χ1n) is 2.36. The topological polar surface area (TPSA) is 124 Å². The molecule has 0 spiro atoms. The van der Waals surface area contributed by atoms with Crippen molar-refractivity contribution in [3.8, 4) is 0 Å². The number of rotatable bonds is 1. The molecule has 0 bridgehead atoms. The van der Waals surface area contributed by atoms with E-state index in [0.29, 0.717) is 0 Å². The largest absolute Gasteiger partial charge is 0.367 e. The Hall–Kier alpha value is 0.0300. The van der Waals surface area contributed by atoms with E-state index in [1.165, 1.54) is 0 Å². The van der Waals surface area contributed by atoms with Crippen molar-refractivity contribution in [1.82, 2.24) is 0 Å². The summed E-state index contributed by atoms with van der Waals surface area (Å²) in [5, 5.41) is 15.6. The quantitative estimate of drug-likeness (QED) is 0.232. The van der Waals surface area contributed by atoms with Gasteiger partial charge < -0.3 is 25.7 Å². The Bertz CT molecular complexity index is 101. The lowest BCUT2D eigenvalue weighted by Gasteiger charge is -1.90. The van der Waals surface area contributed by atoms with Crippen LogP contribution in [-0.2, 0) is 4.57 Å². The van der Waals surface area contributed by atoms with Gasteiger partial charge in [-0.25, -0.2) is 0 Å². The molecule has 0 aliphatic rings. The Morgan fingerprint density at radius 2 is 1.60 bits per heavy atom. The van der Waals surface area contributed by atoms with E-state index in [4.69, 9.17) is 20.0 Å². The van der Waals surface area contributed by atoms with Gasteiger partial charge in [-0.05, 0) is 0 Å². The van der Waals surface area contributed by atoms with Crippen molar-refractivity contribution in [1.29, 1.82) is 0 Å². The fraction of sp³-hybridized carbons (Fsp3) is 1.00. The molecular weight excluding hydrogens is 161 g/mol. The van der Waals surface area contributed by atoms with Crippen LogP contribution in [0.2, 0.25) is 0 Å². The monoisotopic (exact) mass is 173 g/mol. The van der Waals surface area contributed by atoms with Crippen LogP contribution in [-0.4, -0.2) is 39.5 Å². The van der Waals surface area contributed by atoms with Gasteiger partial charge in [0.2, 0.25) is 0 Å². The Balaban J connectivity index is 0. The molecule has 0 saturated heterocycles. The van der Waals surface area contributed by atoms with E-state index in [2.05, 4.69) is 5.73 Å². The lowest BCUT2D eigenvalue weighted by Crippen LogP contribution is -2.17. The highest BCUT2D eigenvalue weighted by molar-refractivity contribution is 7.50. The van der Waals surface area contributed by atoms with E-state index in [1.54, 1.807) is 0 Å². The van der Waals surface area contributed by atoms with E-state index in [-0.39, 0.29) is 6.54 Å². The minimum atomic E-state index is -3.64. The van der Waals surface area contributed by atoms with Crippen molar-refractivity contribution in [3.63, 3.8) is 0 Å². The maximum Gasteiger partial charge on any atom is 0.322 e. The number of aliphatic hydroxyl groups excluding tert-OH is 1. The number of hydrogen-bond donors (Lipinski definition) is 5. The molecule has 0 fully saturated rings. The summed E-state index contributed by atoms with van der Waals surface area (Å²) in [7, 11) is -3.64. The van der Waals surface area contributed by atoms with E-state index < -0.39 is 13.9 Å². The van der Waals surface area contributed by atoms with Crippen molar-refractivity contribution in [2.24, 2.45) is 5.73 Å². The average molecular weight is 173 g/mol. The van der Waals surface area contributed by atoms with Crippen LogP contribution >= 0.6 is 7.60 Å². The van der Waals surface area contributed by atoms with E-state index in [1.807, 2.05) is 0 Å².